The highest BCUT2D eigenvalue weighted by molar-refractivity contribution is 5.61. The van der Waals surface area contributed by atoms with Gasteiger partial charge >= 0.3 is 0 Å². The third kappa shape index (κ3) is 2.39. The van der Waals surface area contributed by atoms with Gasteiger partial charge in [-0.3, -0.25) is 0 Å². The fraction of sp³-hybridized carbons (Fsp3) is 0.545. The topological polar surface area (TPSA) is 60.2 Å². The first-order valence-corrected chi connectivity index (χ1v) is 5.36. The molecule has 0 spiro atoms. The normalized spacial score (nSPS) is 22.6. The smallest absolute Gasteiger partial charge is 0.146 e. The number of pyridine rings is 1. The minimum Gasteiger partial charge on any atom is -0.382 e. The number of hydrogen-bond acceptors (Lipinski definition) is 4. The van der Waals surface area contributed by atoms with Crippen LogP contribution in [0.15, 0.2) is 18.3 Å². The minimum absolute atomic E-state index is 0.277. The first kappa shape index (κ1) is 10.2. The molecule has 1 saturated heterocycles. The zero-order valence-corrected chi connectivity index (χ0v) is 8.94. The van der Waals surface area contributed by atoms with Gasteiger partial charge in [-0.05, 0) is 31.9 Å². The summed E-state index contributed by atoms with van der Waals surface area (Å²) in [4.78, 5) is 4.03. The van der Waals surface area contributed by atoms with Crippen molar-refractivity contribution in [2.75, 3.05) is 17.7 Å². The number of nitrogen functional groups attached to an aromatic ring is 1. The third-order valence-corrected chi connectivity index (χ3v) is 2.74. The number of hydrogen-bond donors (Lipinski definition) is 2. The molecule has 4 heteroatoms. The molecule has 1 aromatic heterocycles. The van der Waals surface area contributed by atoms with E-state index in [0.29, 0.717) is 11.9 Å². The van der Waals surface area contributed by atoms with Gasteiger partial charge in [-0.2, -0.15) is 0 Å². The zero-order chi connectivity index (χ0) is 10.7. The Hall–Kier alpha value is -1.29. The molecule has 1 aromatic rings. The Morgan fingerprint density at radius 3 is 3.20 bits per heavy atom. The molecule has 4 nitrogen and oxygen atoms in total. The van der Waals surface area contributed by atoms with Crippen LogP contribution >= 0.6 is 0 Å². The molecule has 0 amide bonds. The SMILES string of the molecule is CC(Nc1cccnc1N)C1CCCO1. The second kappa shape index (κ2) is 4.49. The summed E-state index contributed by atoms with van der Waals surface area (Å²) in [6, 6.07) is 4.09. The maximum atomic E-state index is 5.75. The average Bonchev–Trinajstić information content (AvgIpc) is 2.74. The quantitative estimate of drug-likeness (QED) is 0.791. The maximum absolute atomic E-state index is 5.75. The van der Waals surface area contributed by atoms with E-state index in [-0.39, 0.29) is 6.04 Å². The molecule has 0 bridgehead atoms. The van der Waals surface area contributed by atoms with Gasteiger partial charge in [0.1, 0.15) is 5.82 Å². The third-order valence-electron chi connectivity index (χ3n) is 2.74. The molecule has 0 radical (unpaired) electrons. The van der Waals surface area contributed by atoms with Gasteiger partial charge in [0.15, 0.2) is 0 Å². The van der Waals surface area contributed by atoms with E-state index in [1.54, 1.807) is 6.20 Å². The van der Waals surface area contributed by atoms with Crippen molar-refractivity contribution >= 4 is 11.5 Å². The van der Waals surface area contributed by atoms with Crippen LogP contribution in [0.1, 0.15) is 19.8 Å². The second-order valence-electron chi connectivity index (χ2n) is 3.92. The van der Waals surface area contributed by atoms with Gasteiger partial charge in [-0.15, -0.1) is 0 Å². The van der Waals surface area contributed by atoms with Crippen LogP contribution in [0.5, 0.6) is 0 Å². The van der Waals surface area contributed by atoms with Crippen molar-refractivity contribution in [2.24, 2.45) is 0 Å². The summed E-state index contributed by atoms with van der Waals surface area (Å²) < 4.78 is 5.60. The van der Waals surface area contributed by atoms with E-state index in [1.807, 2.05) is 12.1 Å². The van der Waals surface area contributed by atoms with Gasteiger partial charge in [0, 0.05) is 18.8 Å². The molecule has 3 N–H and O–H groups in total. The van der Waals surface area contributed by atoms with Crippen molar-refractivity contribution in [3.63, 3.8) is 0 Å². The number of rotatable bonds is 3. The van der Waals surface area contributed by atoms with Gasteiger partial charge in [0.25, 0.3) is 0 Å². The van der Waals surface area contributed by atoms with Crippen LogP contribution in [-0.2, 0) is 4.74 Å². The average molecular weight is 207 g/mol. The predicted octanol–water partition coefficient (Wildman–Crippen LogP) is 1.64. The first-order valence-electron chi connectivity index (χ1n) is 5.36. The van der Waals surface area contributed by atoms with E-state index in [2.05, 4.69) is 17.2 Å². The highest BCUT2D eigenvalue weighted by Crippen LogP contribution is 2.21. The lowest BCUT2D eigenvalue weighted by atomic mass is 10.1. The van der Waals surface area contributed by atoms with Crippen LogP contribution < -0.4 is 11.1 Å². The molecule has 82 valence electrons. The molecular weight excluding hydrogens is 190 g/mol. The maximum Gasteiger partial charge on any atom is 0.146 e. The van der Waals surface area contributed by atoms with Crippen molar-refractivity contribution in [1.29, 1.82) is 0 Å². The molecule has 2 heterocycles. The van der Waals surface area contributed by atoms with Crippen LogP contribution in [-0.4, -0.2) is 23.7 Å². The van der Waals surface area contributed by atoms with E-state index in [4.69, 9.17) is 10.5 Å². The lowest BCUT2D eigenvalue weighted by Crippen LogP contribution is -2.30. The molecule has 2 atom stereocenters. The van der Waals surface area contributed by atoms with Gasteiger partial charge in [0.2, 0.25) is 0 Å². The standard InChI is InChI=1S/C11H17N3O/c1-8(10-5-3-7-15-10)14-9-4-2-6-13-11(9)12/h2,4,6,8,10,14H,3,5,7H2,1H3,(H2,12,13). The summed E-state index contributed by atoms with van der Waals surface area (Å²) in [6.07, 6.45) is 4.26. The number of anilines is 2. The van der Waals surface area contributed by atoms with E-state index in [9.17, 15) is 0 Å². The zero-order valence-electron chi connectivity index (χ0n) is 8.94. The van der Waals surface area contributed by atoms with Crippen LogP contribution in [0.4, 0.5) is 11.5 Å². The van der Waals surface area contributed by atoms with Crippen molar-refractivity contribution in [3.8, 4) is 0 Å². The van der Waals surface area contributed by atoms with Crippen molar-refractivity contribution in [2.45, 2.75) is 31.9 Å². The fourth-order valence-corrected chi connectivity index (χ4v) is 1.87. The number of nitrogens with zero attached hydrogens (tertiary/aromatic N) is 1. The monoisotopic (exact) mass is 207 g/mol. The molecule has 0 aromatic carbocycles. The number of nitrogens with one attached hydrogen (secondary N) is 1. The van der Waals surface area contributed by atoms with E-state index in [0.717, 1.165) is 25.1 Å². The summed E-state index contributed by atoms with van der Waals surface area (Å²) in [6.45, 7) is 2.99. The Labute approximate surface area is 89.8 Å². The molecule has 2 unspecified atom stereocenters. The Balaban J connectivity index is 1.99. The fourth-order valence-electron chi connectivity index (χ4n) is 1.87. The Kier molecular flexibility index (Phi) is 3.06. The molecule has 1 fully saturated rings. The molecule has 2 rings (SSSR count). The highest BCUT2D eigenvalue weighted by atomic mass is 16.5. The highest BCUT2D eigenvalue weighted by Gasteiger charge is 2.22. The summed E-state index contributed by atoms with van der Waals surface area (Å²) in [5, 5.41) is 3.34. The largest absolute Gasteiger partial charge is 0.382 e. The number of aromatic nitrogens is 1. The first-order chi connectivity index (χ1) is 7.27. The summed E-state index contributed by atoms with van der Waals surface area (Å²) in [5.74, 6) is 0.544. The summed E-state index contributed by atoms with van der Waals surface area (Å²) in [5.41, 5.74) is 6.64. The van der Waals surface area contributed by atoms with Gasteiger partial charge in [-0.1, -0.05) is 0 Å². The molecular formula is C11H17N3O. The number of nitrogens with two attached hydrogens (primary N) is 1. The Morgan fingerprint density at radius 2 is 2.53 bits per heavy atom. The van der Waals surface area contributed by atoms with Crippen LogP contribution in [0, 0.1) is 0 Å². The van der Waals surface area contributed by atoms with Crippen molar-refractivity contribution in [1.82, 2.24) is 4.98 Å². The van der Waals surface area contributed by atoms with Gasteiger partial charge in [0.05, 0.1) is 11.8 Å². The number of ether oxygens (including phenoxy) is 1. The van der Waals surface area contributed by atoms with E-state index >= 15 is 0 Å². The lowest BCUT2D eigenvalue weighted by Gasteiger charge is -2.21. The predicted molar refractivity (Wildman–Crippen MR) is 60.7 cm³/mol. The van der Waals surface area contributed by atoms with Crippen molar-refractivity contribution in [3.05, 3.63) is 18.3 Å². The molecule has 15 heavy (non-hydrogen) atoms. The molecule has 1 aliphatic heterocycles. The van der Waals surface area contributed by atoms with Crippen LogP contribution in [0.2, 0.25) is 0 Å². The lowest BCUT2D eigenvalue weighted by molar-refractivity contribution is 0.0997. The molecule has 0 aliphatic carbocycles. The second-order valence-corrected chi connectivity index (χ2v) is 3.92. The van der Waals surface area contributed by atoms with Gasteiger partial charge < -0.3 is 15.8 Å². The van der Waals surface area contributed by atoms with Crippen LogP contribution in [0.3, 0.4) is 0 Å². The Morgan fingerprint density at radius 1 is 1.67 bits per heavy atom. The minimum atomic E-state index is 0.277. The van der Waals surface area contributed by atoms with E-state index < -0.39 is 0 Å². The summed E-state index contributed by atoms with van der Waals surface area (Å²) >= 11 is 0. The van der Waals surface area contributed by atoms with E-state index in [1.165, 1.54) is 0 Å². The molecule has 1 aliphatic rings. The Bertz CT molecular complexity index is 323. The van der Waals surface area contributed by atoms with Gasteiger partial charge in [-0.25, -0.2) is 4.98 Å². The van der Waals surface area contributed by atoms with Crippen LogP contribution in [0.25, 0.3) is 0 Å². The summed E-state index contributed by atoms with van der Waals surface area (Å²) in [7, 11) is 0. The molecule has 0 saturated carbocycles. The van der Waals surface area contributed by atoms with Crippen molar-refractivity contribution < 1.29 is 4.74 Å².